The van der Waals surface area contributed by atoms with Gasteiger partial charge in [0.25, 0.3) is 10.0 Å². The van der Waals surface area contributed by atoms with Gasteiger partial charge in [-0.3, -0.25) is 14.9 Å². The van der Waals surface area contributed by atoms with E-state index in [4.69, 9.17) is 16.3 Å². The molecule has 1 saturated heterocycles. The van der Waals surface area contributed by atoms with Crippen molar-refractivity contribution in [1.29, 1.82) is 0 Å². The normalized spacial score (nSPS) is 19.0. The first kappa shape index (κ1) is 21.4. The first-order valence-electron chi connectivity index (χ1n) is 9.14. The van der Waals surface area contributed by atoms with Gasteiger partial charge in [-0.05, 0) is 48.9 Å². The van der Waals surface area contributed by atoms with Gasteiger partial charge < -0.3 is 10.1 Å². The largest absolute Gasteiger partial charge is 0.494 e. The number of anilines is 1. The van der Waals surface area contributed by atoms with E-state index >= 15 is 0 Å². The molecular formula is C19H23ClN4O4S. The van der Waals surface area contributed by atoms with E-state index < -0.39 is 21.3 Å². The van der Waals surface area contributed by atoms with Crippen LogP contribution in [0.1, 0.15) is 12.5 Å². The summed E-state index contributed by atoms with van der Waals surface area (Å²) in [4.78, 5) is 12.6. The van der Waals surface area contributed by atoms with Gasteiger partial charge in [-0.15, -0.1) is 0 Å². The van der Waals surface area contributed by atoms with Gasteiger partial charge in [0.15, 0.2) is 5.37 Å². The Morgan fingerprint density at radius 3 is 2.52 bits per heavy atom. The molecule has 156 valence electrons. The summed E-state index contributed by atoms with van der Waals surface area (Å²) in [5, 5.41) is 2.27. The number of carbonyl (C=O) groups is 1. The SMILES string of the molecule is CCOc1ccc(NS(=O)(=O)C2NNCC2C(=O)NCc2ccc(Cl)cc2)cc1. The number of amides is 1. The molecule has 3 rings (SSSR count). The Morgan fingerprint density at radius 2 is 1.86 bits per heavy atom. The maximum absolute atomic E-state index is 12.8. The molecule has 2 atom stereocenters. The van der Waals surface area contributed by atoms with Crippen molar-refractivity contribution in [1.82, 2.24) is 16.2 Å². The molecule has 0 spiro atoms. The molecule has 1 fully saturated rings. The zero-order valence-electron chi connectivity index (χ0n) is 15.8. The topological polar surface area (TPSA) is 109 Å². The van der Waals surface area contributed by atoms with Crippen LogP contribution >= 0.6 is 11.6 Å². The highest BCUT2D eigenvalue weighted by Gasteiger charge is 2.41. The van der Waals surface area contributed by atoms with Crippen molar-refractivity contribution in [3.05, 3.63) is 59.1 Å². The number of carbonyl (C=O) groups excluding carboxylic acids is 1. The third-order valence-corrected chi connectivity index (χ3v) is 6.30. The Balaban J connectivity index is 1.63. The van der Waals surface area contributed by atoms with E-state index in [2.05, 4.69) is 20.9 Å². The smallest absolute Gasteiger partial charge is 0.250 e. The van der Waals surface area contributed by atoms with Crippen LogP contribution in [-0.4, -0.2) is 32.9 Å². The molecule has 10 heteroatoms. The van der Waals surface area contributed by atoms with E-state index in [-0.39, 0.29) is 19.0 Å². The predicted molar refractivity (Wildman–Crippen MR) is 112 cm³/mol. The molecule has 0 bridgehead atoms. The van der Waals surface area contributed by atoms with Crippen LogP contribution in [0.3, 0.4) is 0 Å². The average molecular weight is 439 g/mol. The number of benzene rings is 2. The van der Waals surface area contributed by atoms with E-state index in [1.807, 2.05) is 6.92 Å². The third-order valence-electron chi connectivity index (χ3n) is 4.41. The fourth-order valence-corrected chi connectivity index (χ4v) is 4.55. The highest BCUT2D eigenvalue weighted by molar-refractivity contribution is 7.93. The maximum Gasteiger partial charge on any atom is 0.250 e. The second-order valence-corrected chi connectivity index (χ2v) is 8.74. The van der Waals surface area contributed by atoms with Gasteiger partial charge in [0, 0.05) is 23.8 Å². The average Bonchev–Trinajstić information content (AvgIpc) is 3.20. The zero-order chi connectivity index (χ0) is 20.9. The van der Waals surface area contributed by atoms with Crippen LogP contribution in [0.25, 0.3) is 0 Å². The van der Waals surface area contributed by atoms with Crippen LogP contribution in [-0.2, 0) is 21.4 Å². The lowest BCUT2D eigenvalue weighted by Crippen LogP contribution is -2.46. The molecule has 0 aliphatic carbocycles. The van der Waals surface area contributed by atoms with Crippen molar-refractivity contribution in [2.45, 2.75) is 18.8 Å². The Kier molecular flexibility index (Phi) is 6.96. The molecule has 1 heterocycles. The number of hydrazine groups is 1. The number of sulfonamides is 1. The van der Waals surface area contributed by atoms with E-state index in [1.54, 1.807) is 48.5 Å². The Labute approximate surface area is 175 Å². The predicted octanol–water partition coefficient (Wildman–Crippen LogP) is 1.85. The lowest BCUT2D eigenvalue weighted by Gasteiger charge is -2.19. The summed E-state index contributed by atoms with van der Waals surface area (Å²) in [6.45, 7) is 2.87. The summed E-state index contributed by atoms with van der Waals surface area (Å²) in [7, 11) is -3.86. The molecule has 2 aromatic carbocycles. The number of ether oxygens (including phenoxy) is 1. The zero-order valence-corrected chi connectivity index (χ0v) is 17.4. The Morgan fingerprint density at radius 1 is 1.17 bits per heavy atom. The van der Waals surface area contributed by atoms with Gasteiger partial charge in [-0.1, -0.05) is 23.7 Å². The van der Waals surface area contributed by atoms with Gasteiger partial charge >= 0.3 is 0 Å². The van der Waals surface area contributed by atoms with Gasteiger partial charge in [0.2, 0.25) is 5.91 Å². The van der Waals surface area contributed by atoms with E-state index in [1.165, 1.54) is 0 Å². The summed E-state index contributed by atoms with van der Waals surface area (Å²) >= 11 is 5.85. The van der Waals surface area contributed by atoms with Crippen LogP contribution in [0.4, 0.5) is 5.69 Å². The van der Waals surface area contributed by atoms with Crippen LogP contribution in [0, 0.1) is 5.92 Å². The van der Waals surface area contributed by atoms with Crippen molar-refractivity contribution in [3.63, 3.8) is 0 Å². The molecule has 2 unspecified atom stereocenters. The lowest BCUT2D eigenvalue weighted by molar-refractivity contribution is -0.124. The number of rotatable bonds is 8. The van der Waals surface area contributed by atoms with Gasteiger partial charge in [-0.2, -0.15) is 0 Å². The van der Waals surface area contributed by atoms with Gasteiger partial charge in [0.05, 0.1) is 12.5 Å². The molecule has 29 heavy (non-hydrogen) atoms. The molecule has 1 aliphatic rings. The molecule has 0 saturated carbocycles. The van der Waals surface area contributed by atoms with E-state index in [0.29, 0.717) is 23.1 Å². The fraction of sp³-hybridized carbons (Fsp3) is 0.316. The van der Waals surface area contributed by atoms with E-state index in [0.717, 1.165) is 5.56 Å². The van der Waals surface area contributed by atoms with Crippen molar-refractivity contribution in [2.24, 2.45) is 5.92 Å². The summed E-state index contributed by atoms with van der Waals surface area (Å²) in [5.74, 6) is -0.502. The third kappa shape index (κ3) is 5.60. The molecule has 0 radical (unpaired) electrons. The molecule has 0 aromatic heterocycles. The summed E-state index contributed by atoms with van der Waals surface area (Å²) < 4.78 is 33.5. The molecule has 4 N–H and O–H groups in total. The van der Waals surface area contributed by atoms with Crippen molar-refractivity contribution >= 4 is 33.2 Å². The van der Waals surface area contributed by atoms with Crippen molar-refractivity contribution in [2.75, 3.05) is 17.9 Å². The van der Waals surface area contributed by atoms with Gasteiger partial charge in [0.1, 0.15) is 5.75 Å². The first-order chi connectivity index (χ1) is 13.9. The minimum absolute atomic E-state index is 0.196. The standard InChI is InChI=1S/C19H23ClN4O4S/c1-2-28-16-9-7-15(8-10-16)24-29(26,27)19-17(12-22-23-19)18(25)21-11-13-3-5-14(20)6-4-13/h3-10,17,19,22-24H,2,11-12H2,1H3,(H,21,25). The molecular weight excluding hydrogens is 416 g/mol. The Bertz CT molecular complexity index is 936. The van der Waals surface area contributed by atoms with Crippen molar-refractivity contribution < 1.29 is 17.9 Å². The van der Waals surface area contributed by atoms with Crippen LogP contribution in [0.2, 0.25) is 5.02 Å². The molecule has 8 nitrogen and oxygen atoms in total. The minimum Gasteiger partial charge on any atom is -0.494 e. The second-order valence-electron chi connectivity index (χ2n) is 6.50. The van der Waals surface area contributed by atoms with Crippen LogP contribution in [0.15, 0.2) is 48.5 Å². The number of nitrogens with one attached hydrogen (secondary N) is 4. The second kappa shape index (κ2) is 9.45. The molecule has 1 aliphatic heterocycles. The monoisotopic (exact) mass is 438 g/mol. The first-order valence-corrected chi connectivity index (χ1v) is 11.1. The van der Waals surface area contributed by atoms with E-state index in [9.17, 15) is 13.2 Å². The van der Waals surface area contributed by atoms with Crippen molar-refractivity contribution in [3.8, 4) is 5.75 Å². The molecule has 2 aromatic rings. The maximum atomic E-state index is 12.8. The van der Waals surface area contributed by atoms with Gasteiger partial charge in [-0.25, -0.2) is 13.8 Å². The summed E-state index contributed by atoms with van der Waals surface area (Å²) in [5.41, 5.74) is 6.70. The fourth-order valence-electron chi connectivity index (χ4n) is 2.94. The van der Waals surface area contributed by atoms with Crippen LogP contribution in [0.5, 0.6) is 5.75 Å². The number of halogens is 1. The number of hydrogen-bond donors (Lipinski definition) is 4. The van der Waals surface area contributed by atoms with Crippen LogP contribution < -0.4 is 25.6 Å². The summed E-state index contributed by atoms with van der Waals surface area (Å²) in [6.07, 6.45) is 0. The Hall–Kier alpha value is -2.33. The minimum atomic E-state index is -3.86. The lowest BCUT2D eigenvalue weighted by atomic mass is 10.1. The quantitative estimate of drug-likeness (QED) is 0.501. The summed E-state index contributed by atoms with van der Waals surface area (Å²) in [6, 6.07) is 13.6. The highest BCUT2D eigenvalue weighted by atomic mass is 35.5. The number of hydrogen-bond acceptors (Lipinski definition) is 6. The molecule has 1 amide bonds. The highest BCUT2D eigenvalue weighted by Crippen LogP contribution is 2.21.